The minimum absolute atomic E-state index is 0.168. The molecule has 0 heterocycles. The van der Waals surface area contributed by atoms with E-state index in [-0.39, 0.29) is 72.4 Å². The van der Waals surface area contributed by atoms with E-state index in [1.165, 1.54) is 52.7 Å². The normalized spacial score (nSPS) is 11.5. The molecule has 0 saturated carbocycles. The van der Waals surface area contributed by atoms with Crippen molar-refractivity contribution in [3.63, 3.8) is 0 Å². The lowest BCUT2D eigenvalue weighted by atomic mass is 9.91. The van der Waals surface area contributed by atoms with Crippen molar-refractivity contribution in [2.45, 2.75) is 0 Å². The van der Waals surface area contributed by atoms with Crippen molar-refractivity contribution in [3.8, 4) is 46.0 Å². The van der Waals surface area contributed by atoms with E-state index in [0.29, 0.717) is 22.3 Å². The van der Waals surface area contributed by atoms with Crippen LogP contribution in [0.3, 0.4) is 0 Å². The molecule has 16 heteroatoms. The molecule has 0 radical (unpaired) electrons. The van der Waals surface area contributed by atoms with Crippen LogP contribution in [0, 0.1) is 5.41 Å². The van der Waals surface area contributed by atoms with Gasteiger partial charge in [0, 0.05) is 24.3 Å². The Bertz CT molecular complexity index is 1980. The Morgan fingerprint density at radius 3 is 0.787 bits per heavy atom. The molecule has 0 aromatic heterocycles. The second-order valence-electron chi connectivity index (χ2n) is 13.0. The molecule has 16 nitrogen and oxygen atoms in total. The highest BCUT2D eigenvalue weighted by atomic mass is 16.6. The van der Waals surface area contributed by atoms with Crippen molar-refractivity contribution in [2.24, 2.45) is 5.41 Å². The average molecular weight is 841 g/mol. The molecule has 0 amide bonds. The fraction of sp³-hybridized carbons (Fsp3) is 0.200. The molecular weight excluding hydrogens is 796 g/mol. The first-order valence-corrected chi connectivity index (χ1v) is 18.1. The predicted octanol–water partition coefficient (Wildman–Crippen LogP) is 6.71. The second kappa shape index (κ2) is 22.3. The number of methoxy groups -OCH3 is 4. The summed E-state index contributed by atoms with van der Waals surface area (Å²) in [6.45, 7) is -0.671. The summed E-state index contributed by atoms with van der Waals surface area (Å²) in [4.78, 5) is 44.6. The van der Waals surface area contributed by atoms with E-state index in [2.05, 4.69) is 0 Å². The molecule has 4 aromatic carbocycles. The van der Waals surface area contributed by atoms with Gasteiger partial charge in [0.2, 0.25) is 0 Å². The Balaban J connectivity index is 1.81. The fourth-order valence-corrected chi connectivity index (χ4v) is 5.47. The lowest BCUT2D eigenvalue weighted by Crippen LogP contribution is -2.45. The summed E-state index contributed by atoms with van der Waals surface area (Å²) in [5.74, 6) is -2.23. The zero-order valence-electron chi connectivity index (χ0n) is 33.6. The Morgan fingerprint density at radius 1 is 0.393 bits per heavy atom. The van der Waals surface area contributed by atoms with Gasteiger partial charge in [0.25, 0.3) is 0 Å². The molecule has 4 aromatic rings. The monoisotopic (exact) mass is 840 g/mol. The van der Waals surface area contributed by atoms with E-state index < -0.39 is 29.3 Å². The van der Waals surface area contributed by atoms with Gasteiger partial charge in [-0.25, -0.2) is 19.2 Å². The van der Waals surface area contributed by atoms with Crippen LogP contribution in [-0.2, 0) is 19.2 Å². The summed E-state index contributed by atoms with van der Waals surface area (Å²) in [6.07, 6.45) is 9.55. The summed E-state index contributed by atoms with van der Waals surface area (Å²) >= 11 is 0. The maximum atomic E-state index is 11.2. The third-order valence-corrected chi connectivity index (χ3v) is 8.56. The highest BCUT2D eigenvalue weighted by Crippen LogP contribution is 2.37. The van der Waals surface area contributed by atoms with Crippen LogP contribution in [0.5, 0.6) is 46.0 Å². The first-order valence-electron chi connectivity index (χ1n) is 18.1. The Hall–Kier alpha value is -7.88. The minimum atomic E-state index is -1.25. The molecule has 61 heavy (non-hydrogen) atoms. The van der Waals surface area contributed by atoms with Crippen LogP contribution < -0.4 is 37.9 Å². The summed E-state index contributed by atoms with van der Waals surface area (Å²) in [5.41, 5.74) is 0.876. The molecule has 0 aliphatic carbocycles. The maximum absolute atomic E-state index is 11.2. The molecule has 4 N–H and O–H groups in total. The number of aliphatic carboxylic acids is 4. The van der Waals surface area contributed by atoms with Crippen LogP contribution in [0.1, 0.15) is 22.3 Å². The number of ether oxygens (including phenoxy) is 8. The van der Waals surface area contributed by atoms with Gasteiger partial charge >= 0.3 is 23.9 Å². The minimum Gasteiger partial charge on any atom is -0.493 e. The molecule has 0 aliphatic rings. The molecule has 0 saturated heterocycles. The molecule has 0 spiro atoms. The zero-order valence-corrected chi connectivity index (χ0v) is 33.6. The highest BCUT2D eigenvalue weighted by Gasteiger charge is 2.37. The van der Waals surface area contributed by atoms with Crippen molar-refractivity contribution >= 4 is 48.2 Å². The number of benzene rings is 4. The Labute approximate surface area is 350 Å². The van der Waals surface area contributed by atoms with Crippen LogP contribution in [0.25, 0.3) is 24.3 Å². The van der Waals surface area contributed by atoms with Gasteiger partial charge in [0.1, 0.15) is 31.8 Å². The first kappa shape index (κ1) is 45.8. The number of carboxylic acids is 4. The van der Waals surface area contributed by atoms with Crippen molar-refractivity contribution in [3.05, 3.63) is 119 Å². The van der Waals surface area contributed by atoms with Gasteiger partial charge in [-0.2, -0.15) is 0 Å². The number of hydrogen-bond acceptors (Lipinski definition) is 12. The smallest absolute Gasteiger partial charge is 0.328 e. The number of rotatable bonds is 24. The number of hydrogen-bond donors (Lipinski definition) is 4. The van der Waals surface area contributed by atoms with E-state index in [9.17, 15) is 19.2 Å². The average Bonchev–Trinajstić information content (AvgIpc) is 3.25. The highest BCUT2D eigenvalue weighted by molar-refractivity contribution is 5.87. The summed E-state index contributed by atoms with van der Waals surface area (Å²) in [5, 5.41) is 36.5. The van der Waals surface area contributed by atoms with Gasteiger partial charge in [-0.15, -0.1) is 0 Å². The molecule has 0 aliphatic heterocycles. The first-order chi connectivity index (χ1) is 29.3. The number of carboxylic acid groups (broad SMARTS) is 4. The van der Waals surface area contributed by atoms with Crippen LogP contribution in [0.2, 0.25) is 0 Å². The molecule has 4 rings (SSSR count). The lowest BCUT2D eigenvalue weighted by Gasteiger charge is -2.33. The van der Waals surface area contributed by atoms with Crippen molar-refractivity contribution in [1.29, 1.82) is 0 Å². The van der Waals surface area contributed by atoms with E-state index in [1.807, 2.05) is 0 Å². The Morgan fingerprint density at radius 2 is 0.607 bits per heavy atom. The summed E-state index contributed by atoms with van der Waals surface area (Å²) in [7, 11) is 5.72. The summed E-state index contributed by atoms with van der Waals surface area (Å²) < 4.78 is 48.1. The fourth-order valence-electron chi connectivity index (χ4n) is 5.47. The van der Waals surface area contributed by atoms with Crippen molar-refractivity contribution in [1.82, 2.24) is 0 Å². The van der Waals surface area contributed by atoms with Gasteiger partial charge in [-0.3, -0.25) is 0 Å². The summed E-state index contributed by atoms with van der Waals surface area (Å²) in [6, 6.07) is 19.4. The largest absolute Gasteiger partial charge is 0.493 e. The second-order valence-corrected chi connectivity index (χ2v) is 13.0. The standard InChI is InChI=1S/C45H44O16/c1-54-37-21-29(9-17-41(46)47)5-13-33(37)58-25-45(26-59-34-14-6-30(10-18-42(48)49)22-38(34)55-2,27-60-35-15-7-31(11-19-43(50)51)23-39(35)56-3)28-61-36-16-8-32(12-20-44(52)53)24-40(36)57-4/h5-24H,25-28H2,1-4H3,(H,46,47)(H,48,49)(H,50,51)(H,52,53)/b17-9+,18-10+,19-11+,20-12+. The van der Waals surface area contributed by atoms with E-state index >= 15 is 0 Å². The van der Waals surface area contributed by atoms with Gasteiger partial charge in [-0.1, -0.05) is 24.3 Å². The van der Waals surface area contributed by atoms with Crippen LogP contribution in [-0.4, -0.2) is 99.2 Å². The molecule has 0 fully saturated rings. The van der Waals surface area contributed by atoms with E-state index in [0.717, 1.165) is 24.3 Å². The quantitative estimate of drug-likeness (QED) is 0.0538. The molecule has 0 bridgehead atoms. The molecule has 0 atom stereocenters. The Kier molecular flexibility index (Phi) is 16.8. The van der Waals surface area contributed by atoms with Crippen molar-refractivity contribution < 1.29 is 77.5 Å². The number of carbonyl (C=O) groups is 4. The molecule has 320 valence electrons. The molecule has 0 unspecified atom stereocenters. The molecular formula is C45H44O16. The van der Waals surface area contributed by atoms with E-state index in [4.69, 9.17) is 58.3 Å². The predicted molar refractivity (Wildman–Crippen MR) is 223 cm³/mol. The van der Waals surface area contributed by atoms with Gasteiger partial charge < -0.3 is 58.3 Å². The third kappa shape index (κ3) is 14.2. The van der Waals surface area contributed by atoms with Gasteiger partial charge in [0.15, 0.2) is 46.0 Å². The van der Waals surface area contributed by atoms with E-state index in [1.54, 1.807) is 72.8 Å². The van der Waals surface area contributed by atoms with Crippen molar-refractivity contribution in [2.75, 3.05) is 54.9 Å². The van der Waals surface area contributed by atoms with Crippen LogP contribution >= 0.6 is 0 Å². The lowest BCUT2D eigenvalue weighted by molar-refractivity contribution is -0.132. The van der Waals surface area contributed by atoms with Crippen LogP contribution in [0.15, 0.2) is 97.1 Å². The topological polar surface area (TPSA) is 223 Å². The van der Waals surface area contributed by atoms with Gasteiger partial charge in [0.05, 0.1) is 28.4 Å². The maximum Gasteiger partial charge on any atom is 0.328 e. The zero-order chi connectivity index (χ0) is 44.4. The third-order valence-electron chi connectivity index (χ3n) is 8.56. The van der Waals surface area contributed by atoms with Crippen LogP contribution in [0.4, 0.5) is 0 Å². The SMILES string of the molecule is COc1cc(/C=C/C(=O)O)ccc1OCC(COc1ccc(/C=C/C(=O)O)cc1OC)(COc1ccc(/C=C/C(=O)O)cc1OC)COc1ccc(/C=C/C(=O)O)cc1OC. The van der Waals surface area contributed by atoms with Gasteiger partial charge in [-0.05, 0) is 95.1 Å².